The molecular weight excluding hydrogens is 414 g/mol. The molecule has 0 spiro atoms. The molecule has 4 aromatic rings. The van der Waals surface area contributed by atoms with Crippen LogP contribution in [0, 0.1) is 13.8 Å². The Morgan fingerprint density at radius 1 is 1.10 bits per heavy atom. The molecule has 30 heavy (non-hydrogen) atoms. The van der Waals surface area contributed by atoms with Crippen molar-refractivity contribution in [2.45, 2.75) is 25.0 Å². The number of amides is 1. The molecule has 2 heterocycles. The molecule has 2 aromatic carbocycles. The van der Waals surface area contributed by atoms with Gasteiger partial charge in [-0.15, -0.1) is 16.4 Å². The molecule has 1 unspecified atom stereocenters. The summed E-state index contributed by atoms with van der Waals surface area (Å²) in [4.78, 5) is 13.9. The van der Waals surface area contributed by atoms with Gasteiger partial charge >= 0.3 is 0 Å². The Labute approximate surface area is 183 Å². The van der Waals surface area contributed by atoms with Crippen molar-refractivity contribution in [1.82, 2.24) is 25.5 Å². The molecule has 4 rings (SSSR count). The second kappa shape index (κ2) is 9.23. The molecule has 0 bridgehead atoms. The van der Waals surface area contributed by atoms with Gasteiger partial charge in [-0.1, -0.05) is 59.8 Å². The first kappa shape index (κ1) is 20.3. The summed E-state index contributed by atoms with van der Waals surface area (Å²) >= 11 is 2.95. The summed E-state index contributed by atoms with van der Waals surface area (Å²) in [6, 6.07) is 20.0. The summed E-state index contributed by atoms with van der Waals surface area (Å²) in [6.45, 7) is 4.07. The number of thioether (sulfide) groups is 1. The van der Waals surface area contributed by atoms with Gasteiger partial charge in [0.25, 0.3) is 0 Å². The van der Waals surface area contributed by atoms with E-state index in [4.69, 9.17) is 0 Å². The maximum absolute atomic E-state index is 12.8. The number of aryl methyl sites for hydroxylation is 2. The first-order valence-corrected chi connectivity index (χ1v) is 11.3. The van der Waals surface area contributed by atoms with Crippen LogP contribution in [-0.2, 0) is 4.79 Å². The number of hydrogen-bond donors (Lipinski definition) is 1. The minimum atomic E-state index is -0.175. The quantitative estimate of drug-likeness (QED) is 0.437. The van der Waals surface area contributed by atoms with Gasteiger partial charge in [0.05, 0.1) is 17.5 Å². The lowest BCUT2D eigenvalue weighted by Crippen LogP contribution is -2.30. The van der Waals surface area contributed by atoms with Crippen LogP contribution in [-0.4, -0.2) is 31.9 Å². The van der Waals surface area contributed by atoms with Gasteiger partial charge < -0.3 is 5.32 Å². The lowest BCUT2D eigenvalue weighted by molar-refractivity contribution is -0.119. The van der Waals surface area contributed by atoms with Crippen molar-refractivity contribution in [2.75, 3.05) is 5.75 Å². The van der Waals surface area contributed by atoms with Crippen molar-refractivity contribution in [1.29, 1.82) is 0 Å². The molecular formula is C22H21N5OS2. The summed E-state index contributed by atoms with van der Waals surface area (Å²) < 4.78 is 1.65. The van der Waals surface area contributed by atoms with E-state index in [1.54, 1.807) is 16.0 Å². The number of benzene rings is 2. The number of aromatic nitrogens is 4. The van der Waals surface area contributed by atoms with Gasteiger partial charge in [0.1, 0.15) is 0 Å². The zero-order valence-corrected chi connectivity index (χ0v) is 18.3. The second-order valence-corrected chi connectivity index (χ2v) is 8.85. The van der Waals surface area contributed by atoms with E-state index in [1.165, 1.54) is 17.3 Å². The van der Waals surface area contributed by atoms with E-state index in [-0.39, 0.29) is 17.7 Å². The van der Waals surface area contributed by atoms with Crippen molar-refractivity contribution in [3.8, 4) is 5.69 Å². The normalized spacial score (nSPS) is 11.9. The Balaban J connectivity index is 1.46. The molecule has 0 aliphatic heterocycles. The highest BCUT2D eigenvalue weighted by atomic mass is 32.2. The van der Waals surface area contributed by atoms with Gasteiger partial charge in [0.15, 0.2) is 0 Å². The van der Waals surface area contributed by atoms with Crippen molar-refractivity contribution < 1.29 is 4.79 Å². The third-order valence-electron chi connectivity index (χ3n) is 4.56. The van der Waals surface area contributed by atoms with Crippen LogP contribution in [0.5, 0.6) is 0 Å². The van der Waals surface area contributed by atoms with Gasteiger partial charge in [-0.05, 0) is 59.0 Å². The van der Waals surface area contributed by atoms with Gasteiger partial charge in [-0.3, -0.25) is 4.79 Å². The summed E-state index contributed by atoms with van der Waals surface area (Å²) in [5, 5.41) is 17.7. The fourth-order valence-corrected chi connectivity index (χ4v) is 4.56. The average Bonchev–Trinajstić information content (AvgIpc) is 3.43. The number of tetrazole rings is 1. The highest BCUT2D eigenvalue weighted by Gasteiger charge is 2.19. The molecule has 0 radical (unpaired) electrons. The van der Waals surface area contributed by atoms with Crippen LogP contribution in [0.15, 0.2) is 71.2 Å². The molecule has 0 aliphatic carbocycles. The smallest absolute Gasteiger partial charge is 0.231 e. The Kier molecular flexibility index (Phi) is 6.25. The number of carbonyl (C=O) groups is 1. The lowest BCUT2D eigenvalue weighted by Gasteiger charge is -2.18. The predicted octanol–water partition coefficient (Wildman–Crippen LogP) is 4.34. The largest absolute Gasteiger partial charge is 0.344 e. The minimum absolute atomic E-state index is 0.0715. The molecule has 0 aliphatic rings. The molecule has 152 valence electrons. The van der Waals surface area contributed by atoms with Crippen LogP contribution >= 0.6 is 23.1 Å². The Hall–Kier alpha value is -2.97. The highest BCUT2D eigenvalue weighted by molar-refractivity contribution is 7.99. The predicted molar refractivity (Wildman–Crippen MR) is 120 cm³/mol. The molecule has 6 nitrogen and oxygen atoms in total. The van der Waals surface area contributed by atoms with Gasteiger partial charge in [0.2, 0.25) is 11.1 Å². The summed E-state index contributed by atoms with van der Waals surface area (Å²) in [5.74, 6) is 0.151. The van der Waals surface area contributed by atoms with E-state index >= 15 is 0 Å². The Bertz CT molecular complexity index is 1120. The SMILES string of the molecule is Cc1ccc(C(NC(=O)CSc2nnnn2-c2cccc(C)c2)c2cccs2)cc1. The Morgan fingerprint density at radius 3 is 2.67 bits per heavy atom. The van der Waals surface area contributed by atoms with Crippen molar-refractivity contribution in [3.05, 3.63) is 87.6 Å². The average molecular weight is 436 g/mol. The maximum atomic E-state index is 12.8. The molecule has 0 saturated heterocycles. The number of nitrogens with zero attached hydrogens (tertiary/aromatic N) is 4. The van der Waals surface area contributed by atoms with Gasteiger partial charge in [0, 0.05) is 4.88 Å². The lowest BCUT2D eigenvalue weighted by atomic mass is 10.0. The van der Waals surface area contributed by atoms with Crippen LogP contribution in [0.2, 0.25) is 0 Å². The van der Waals surface area contributed by atoms with Gasteiger partial charge in [-0.2, -0.15) is 4.68 Å². The third-order valence-corrected chi connectivity index (χ3v) is 6.42. The minimum Gasteiger partial charge on any atom is -0.344 e. The highest BCUT2D eigenvalue weighted by Crippen LogP contribution is 2.27. The number of thiophene rings is 1. The van der Waals surface area contributed by atoms with Crippen molar-refractivity contribution in [2.24, 2.45) is 0 Å². The van der Waals surface area contributed by atoms with Crippen LogP contribution in [0.25, 0.3) is 5.69 Å². The topological polar surface area (TPSA) is 72.7 Å². The standard InChI is InChI=1S/C22H21N5OS2/c1-15-8-10-17(11-9-15)21(19-7-4-12-29-19)23-20(28)14-30-22-24-25-26-27(22)18-6-3-5-16(2)13-18/h3-13,21H,14H2,1-2H3,(H,23,28). The molecule has 0 saturated carbocycles. The molecule has 1 N–H and O–H groups in total. The summed E-state index contributed by atoms with van der Waals surface area (Å²) in [5.41, 5.74) is 4.24. The van der Waals surface area contributed by atoms with E-state index in [0.717, 1.165) is 21.7 Å². The summed E-state index contributed by atoms with van der Waals surface area (Å²) in [6.07, 6.45) is 0. The van der Waals surface area contributed by atoms with Crippen molar-refractivity contribution in [3.63, 3.8) is 0 Å². The van der Waals surface area contributed by atoms with Gasteiger partial charge in [-0.25, -0.2) is 0 Å². The fraction of sp³-hybridized carbons (Fsp3) is 0.182. The molecule has 2 aromatic heterocycles. The molecule has 0 fully saturated rings. The molecule has 8 heteroatoms. The molecule has 1 atom stereocenters. The van der Waals surface area contributed by atoms with E-state index in [9.17, 15) is 4.79 Å². The third kappa shape index (κ3) is 4.77. The Morgan fingerprint density at radius 2 is 1.93 bits per heavy atom. The second-order valence-electron chi connectivity index (χ2n) is 6.93. The van der Waals surface area contributed by atoms with E-state index in [1.807, 2.05) is 48.7 Å². The molecule has 1 amide bonds. The van der Waals surface area contributed by atoms with Crippen LogP contribution in [0.1, 0.15) is 27.6 Å². The van der Waals surface area contributed by atoms with E-state index < -0.39 is 0 Å². The number of rotatable bonds is 7. The van der Waals surface area contributed by atoms with Crippen molar-refractivity contribution >= 4 is 29.0 Å². The van der Waals surface area contributed by atoms with E-state index in [0.29, 0.717) is 5.16 Å². The van der Waals surface area contributed by atoms with Crippen LogP contribution < -0.4 is 5.32 Å². The monoisotopic (exact) mass is 435 g/mol. The van der Waals surface area contributed by atoms with Crippen LogP contribution in [0.4, 0.5) is 0 Å². The number of hydrogen-bond acceptors (Lipinski definition) is 6. The first-order chi connectivity index (χ1) is 14.6. The number of carbonyl (C=O) groups excluding carboxylic acids is 1. The zero-order valence-electron chi connectivity index (χ0n) is 16.6. The maximum Gasteiger partial charge on any atom is 0.231 e. The first-order valence-electron chi connectivity index (χ1n) is 9.48. The fourth-order valence-electron chi connectivity index (χ4n) is 3.06. The van der Waals surface area contributed by atoms with Crippen LogP contribution in [0.3, 0.4) is 0 Å². The van der Waals surface area contributed by atoms with E-state index in [2.05, 4.69) is 52.0 Å². The summed E-state index contributed by atoms with van der Waals surface area (Å²) in [7, 11) is 0. The number of nitrogens with one attached hydrogen (secondary N) is 1. The zero-order chi connectivity index (χ0) is 20.9.